The number of aromatic nitrogens is 2. The van der Waals surface area contributed by atoms with E-state index in [2.05, 4.69) is 16.0 Å². The molecule has 2 aromatic carbocycles. The van der Waals surface area contributed by atoms with E-state index < -0.39 is 17.9 Å². The normalized spacial score (nSPS) is 11.7. The van der Waals surface area contributed by atoms with Crippen molar-refractivity contribution in [3.8, 4) is 5.75 Å². The molecule has 1 heterocycles. The SMILES string of the molecule is C[C@@H](Oc1cccc(Cl)c1)C(=O)NNC(=O)c1nn(C)c(=O)c2ccccc12. The largest absolute Gasteiger partial charge is 0.481 e. The van der Waals surface area contributed by atoms with Gasteiger partial charge in [0.25, 0.3) is 17.4 Å². The second-order valence-corrected chi connectivity index (χ2v) is 6.42. The Morgan fingerprint density at radius 2 is 1.82 bits per heavy atom. The van der Waals surface area contributed by atoms with E-state index in [1.54, 1.807) is 48.5 Å². The summed E-state index contributed by atoms with van der Waals surface area (Å²) in [6, 6.07) is 13.2. The van der Waals surface area contributed by atoms with Crippen LogP contribution in [0.5, 0.6) is 5.75 Å². The van der Waals surface area contributed by atoms with Gasteiger partial charge in [0, 0.05) is 17.5 Å². The van der Waals surface area contributed by atoms with Crippen LogP contribution in [0.4, 0.5) is 0 Å². The second kappa shape index (κ2) is 8.10. The average Bonchev–Trinajstić information content (AvgIpc) is 2.68. The Hall–Kier alpha value is -3.39. The molecule has 3 rings (SSSR count). The van der Waals surface area contributed by atoms with Gasteiger partial charge in [0.05, 0.1) is 5.39 Å². The maximum Gasteiger partial charge on any atom is 0.290 e. The lowest BCUT2D eigenvalue weighted by Crippen LogP contribution is -2.47. The summed E-state index contributed by atoms with van der Waals surface area (Å²) in [6.07, 6.45) is -0.886. The lowest BCUT2D eigenvalue weighted by Gasteiger charge is -2.15. The van der Waals surface area contributed by atoms with Crippen molar-refractivity contribution in [1.82, 2.24) is 20.6 Å². The van der Waals surface area contributed by atoms with E-state index in [4.69, 9.17) is 16.3 Å². The molecule has 0 aliphatic carbocycles. The third-order valence-corrected chi connectivity index (χ3v) is 4.18. The molecule has 0 fully saturated rings. The molecule has 0 saturated carbocycles. The number of hydrazine groups is 1. The van der Waals surface area contributed by atoms with E-state index in [1.807, 2.05) is 0 Å². The monoisotopic (exact) mass is 400 g/mol. The van der Waals surface area contributed by atoms with E-state index in [9.17, 15) is 14.4 Å². The van der Waals surface area contributed by atoms with Crippen LogP contribution in [0, 0.1) is 0 Å². The number of aryl methyl sites for hydroxylation is 1. The fourth-order valence-electron chi connectivity index (χ4n) is 2.54. The van der Waals surface area contributed by atoms with Crippen molar-refractivity contribution in [3.05, 3.63) is 69.6 Å². The molecule has 28 heavy (non-hydrogen) atoms. The van der Waals surface area contributed by atoms with Crippen LogP contribution >= 0.6 is 11.6 Å². The second-order valence-electron chi connectivity index (χ2n) is 5.98. The number of nitrogens with zero attached hydrogens (tertiary/aromatic N) is 2. The van der Waals surface area contributed by atoms with Gasteiger partial charge in [-0.3, -0.25) is 25.2 Å². The highest BCUT2D eigenvalue weighted by molar-refractivity contribution is 6.30. The minimum Gasteiger partial charge on any atom is -0.481 e. The highest BCUT2D eigenvalue weighted by Crippen LogP contribution is 2.18. The van der Waals surface area contributed by atoms with Gasteiger partial charge in [-0.25, -0.2) is 4.68 Å². The van der Waals surface area contributed by atoms with Gasteiger partial charge in [0.15, 0.2) is 11.8 Å². The molecular weight excluding hydrogens is 384 g/mol. The minimum atomic E-state index is -0.886. The molecule has 0 spiro atoms. The van der Waals surface area contributed by atoms with Crippen LogP contribution in [0.1, 0.15) is 17.4 Å². The van der Waals surface area contributed by atoms with Crippen molar-refractivity contribution in [3.63, 3.8) is 0 Å². The molecule has 2 N–H and O–H groups in total. The predicted molar refractivity (Wildman–Crippen MR) is 104 cm³/mol. The molecule has 0 aliphatic rings. The molecule has 0 bridgehead atoms. The smallest absolute Gasteiger partial charge is 0.290 e. The van der Waals surface area contributed by atoms with Gasteiger partial charge in [-0.1, -0.05) is 35.9 Å². The molecule has 1 aromatic heterocycles. The number of rotatable bonds is 4. The van der Waals surface area contributed by atoms with Crippen molar-refractivity contribution < 1.29 is 14.3 Å². The summed E-state index contributed by atoms with van der Waals surface area (Å²) in [5.74, 6) is -0.801. The lowest BCUT2D eigenvalue weighted by molar-refractivity contribution is -0.128. The first-order valence-corrected chi connectivity index (χ1v) is 8.73. The molecule has 3 aromatic rings. The number of halogens is 1. The van der Waals surface area contributed by atoms with Crippen molar-refractivity contribution in [1.29, 1.82) is 0 Å². The zero-order valence-corrected chi connectivity index (χ0v) is 15.9. The third kappa shape index (κ3) is 4.12. The fourth-order valence-corrected chi connectivity index (χ4v) is 2.72. The molecule has 144 valence electrons. The molecule has 0 radical (unpaired) electrons. The van der Waals surface area contributed by atoms with E-state index in [0.717, 1.165) is 4.68 Å². The molecule has 1 atom stereocenters. The maximum atomic E-state index is 12.5. The Balaban J connectivity index is 1.70. The number of carbonyl (C=O) groups excluding carboxylic acids is 2. The van der Waals surface area contributed by atoms with Gasteiger partial charge in [0.2, 0.25) is 0 Å². The topological polar surface area (TPSA) is 102 Å². The Morgan fingerprint density at radius 3 is 2.54 bits per heavy atom. The number of fused-ring (bicyclic) bond motifs is 1. The highest BCUT2D eigenvalue weighted by Gasteiger charge is 2.19. The summed E-state index contributed by atoms with van der Waals surface area (Å²) in [7, 11) is 1.45. The molecule has 2 amide bonds. The standard InChI is InChI=1S/C19H17ClN4O4/c1-11(28-13-7-5-6-12(20)10-13)17(25)21-22-18(26)16-14-8-3-4-9-15(14)19(27)24(2)23-16/h3-11H,1-2H3,(H,21,25)(H,22,26)/t11-/m1/s1. The van der Waals surface area contributed by atoms with Crippen LogP contribution in [0.25, 0.3) is 10.8 Å². The zero-order valence-electron chi connectivity index (χ0n) is 15.1. The first-order chi connectivity index (χ1) is 13.4. The molecule has 8 nitrogen and oxygen atoms in total. The number of carbonyl (C=O) groups is 2. The average molecular weight is 401 g/mol. The van der Waals surface area contributed by atoms with Gasteiger partial charge in [-0.15, -0.1) is 0 Å². The van der Waals surface area contributed by atoms with Crippen molar-refractivity contribution >= 4 is 34.2 Å². The van der Waals surface area contributed by atoms with E-state index in [0.29, 0.717) is 21.5 Å². The molecule has 0 saturated heterocycles. The molecular formula is C19H17ClN4O4. The Morgan fingerprint density at radius 1 is 1.11 bits per heavy atom. The number of amides is 2. The Bertz CT molecular complexity index is 1110. The molecule has 0 aliphatic heterocycles. The molecule has 9 heteroatoms. The first kappa shape index (κ1) is 19.4. The van der Waals surface area contributed by atoms with Crippen LogP contribution in [-0.4, -0.2) is 27.7 Å². The van der Waals surface area contributed by atoms with Crippen molar-refractivity contribution in [2.75, 3.05) is 0 Å². The third-order valence-electron chi connectivity index (χ3n) is 3.95. The van der Waals surface area contributed by atoms with Crippen molar-refractivity contribution in [2.24, 2.45) is 7.05 Å². The van der Waals surface area contributed by atoms with Crippen LogP contribution in [0.2, 0.25) is 5.02 Å². The van der Waals surface area contributed by atoms with Crippen molar-refractivity contribution in [2.45, 2.75) is 13.0 Å². The van der Waals surface area contributed by atoms with Crippen LogP contribution in [-0.2, 0) is 11.8 Å². The molecule has 0 unspecified atom stereocenters. The van der Waals surface area contributed by atoms with Gasteiger partial charge >= 0.3 is 0 Å². The quantitative estimate of drug-likeness (QED) is 0.650. The summed E-state index contributed by atoms with van der Waals surface area (Å²) in [5.41, 5.74) is 4.28. The first-order valence-electron chi connectivity index (χ1n) is 8.35. The summed E-state index contributed by atoms with van der Waals surface area (Å²) < 4.78 is 6.56. The predicted octanol–water partition coefficient (Wildman–Crippen LogP) is 1.82. The van der Waals surface area contributed by atoms with Crippen LogP contribution in [0.3, 0.4) is 0 Å². The number of nitrogens with one attached hydrogen (secondary N) is 2. The lowest BCUT2D eigenvalue weighted by atomic mass is 10.1. The summed E-state index contributed by atoms with van der Waals surface area (Å²) >= 11 is 5.88. The minimum absolute atomic E-state index is 0.0152. The Labute approximate surface area is 165 Å². The summed E-state index contributed by atoms with van der Waals surface area (Å²) in [6.45, 7) is 1.53. The fraction of sp³-hybridized carbons (Fsp3) is 0.158. The van der Waals surface area contributed by atoms with E-state index in [-0.39, 0.29) is 11.3 Å². The van der Waals surface area contributed by atoms with Gasteiger partial charge < -0.3 is 4.74 Å². The number of benzene rings is 2. The zero-order chi connectivity index (χ0) is 20.3. The summed E-state index contributed by atoms with van der Waals surface area (Å²) in [4.78, 5) is 36.8. The number of hydrogen-bond donors (Lipinski definition) is 2. The van der Waals surface area contributed by atoms with E-state index >= 15 is 0 Å². The van der Waals surface area contributed by atoms with Gasteiger partial charge in [0.1, 0.15) is 5.75 Å². The van der Waals surface area contributed by atoms with E-state index in [1.165, 1.54) is 14.0 Å². The van der Waals surface area contributed by atoms with Crippen LogP contribution < -0.4 is 21.1 Å². The summed E-state index contributed by atoms with van der Waals surface area (Å²) in [5, 5.41) is 5.22. The number of hydrogen-bond acceptors (Lipinski definition) is 5. The van der Waals surface area contributed by atoms with Gasteiger partial charge in [-0.05, 0) is 31.2 Å². The number of ether oxygens (including phenoxy) is 1. The Kier molecular flexibility index (Phi) is 5.60. The maximum absolute atomic E-state index is 12.5. The van der Waals surface area contributed by atoms with Crippen LogP contribution in [0.15, 0.2) is 53.3 Å². The van der Waals surface area contributed by atoms with Gasteiger partial charge in [-0.2, -0.15) is 5.10 Å². The highest BCUT2D eigenvalue weighted by atomic mass is 35.5.